The first-order chi connectivity index (χ1) is 8.61. The zero-order valence-electron chi connectivity index (χ0n) is 10.4. The largest absolute Gasteiger partial charge is 0.396 e. The lowest BCUT2D eigenvalue weighted by atomic mass is 10.0. The van der Waals surface area contributed by atoms with Crippen LogP contribution in [0.15, 0.2) is 17.1 Å². The number of hydrogen-bond donors (Lipinski definition) is 3. The van der Waals surface area contributed by atoms with Gasteiger partial charge in [0.05, 0.1) is 0 Å². The molecular formula is C13H18N2O3. The second-order valence-corrected chi connectivity index (χ2v) is 4.85. The molecule has 1 aliphatic rings. The molecule has 0 saturated heterocycles. The van der Waals surface area contributed by atoms with Gasteiger partial charge in [0.1, 0.15) is 5.56 Å². The smallest absolute Gasteiger partial charge is 0.256 e. The lowest BCUT2D eigenvalue weighted by molar-refractivity contribution is 0.0914. The first kappa shape index (κ1) is 12.8. The summed E-state index contributed by atoms with van der Waals surface area (Å²) in [7, 11) is 0. The molecule has 2 rings (SSSR count). The minimum Gasteiger partial charge on any atom is -0.396 e. The van der Waals surface area contributed by atoms with Crippen molar-refractivity contribution in [1.29, 1.82) is 0 Å². The Morgan fingerprint density at radius 3 is 3.00 bits per heavy atom. The average molecular weight is 250 g/mol. The van der Waals surface area contributed by atoms with Crippen LogP contribution in [0.4, 0.5) is 0 Å². The van der Waals surface area contributed by atoms with Crippen molar-refractivity contribution in [2.45, 2.75) is 32.2 Å². The van der Waals surface area contributed by atoms with Crippen molar-refractivity contribution in [1.82, 2.24) is 10.3 Å². The van der Waals surface area contributed by atoms with E-state index in [9.17, 15) is 14.7 Å². The minimum absolute atomic E-state index is 0.0248. The summed E-state index contributed by atoms with van der Waals surface area (Å²) < 4.78 is 0. The van der Waals surface area contributed by atoms with Gasteiger partial charge < -0.3 is 15.4 Å². The third-order valence-corrected chi connectivity index (χ3v) is 3.51. The Morgan fingerprint density at radius 2 is 2.33 bits per heavy atom. The molecule has 0 aliphatic heterocycles. The summed E-state index contributed by atoms with van der Waals surface area (Å²) in [5.41, 5.74) is 0.581. The van der Waals surface area contributed by atoms with Crippen molar-refractivity contribution in [3.8, 4) is 0 Å². The lowest BCUT2D eigenvalue weighted by Crippen LogP contribution is -2.40. The molecule has 5 nitrogen and oxygen atoms in total. The SMILES string of the molecule is Cc1cc(=O)c(C(=O)NC2CCCC2CO)c[nH]1. The van der Waals surface area contributed by atoms with Gasteiger partial charge in [0.2, 0.25) is 0 Å². The topological polar surface area (TPSA) is 82.2 Å². The third kappa shape index (κ3) is 2.61. The van der Waals surface area contributed by atoms with Gasteiger partial charge >= 0.3 is 0 Å². The van der Waals surface area contributed by atoms with Gasteiger partial charge in [0.15, 0.2) is 5.43 Å². The van der Waals surface area contributed by atoms with E-state index in [0.717, 1.165) is 25.0 Å². The number of aliphatic hydroxyl groups excluding tert-OH is 1. The van der Waals surface area contributed by atoms with Gasteiger partial charge in [0, 0.05) is 36.5 Å². The Balaban J connectivity index is 2.10. The Bertz CT molecular complexity index is 495. The molecule has 98 valence electrons. The van der Waals surface area contributed by atoms with Crippen LogP contribution in [0.25, 0.3) is 0 Å². The summed E-state index contributed by atoms with van der Waals surface area (Å²) in [5.74, 6) is -0.250. The number of aromatic nitrogens is 1. The summed E-state index contributed by atoms with van der Waals surface area (Å²) in [6.45, 7) is 1.84. The summed E-state index contributed by atoms with van der Waals surface area (Å²) in [6.07, 6.45) is 4.22. The normalized spacial score (nSPS) is 23.0. The van der Waals surface area contributed by atoms with E-state index in [2.05, 4.69) is 10.3 Å². The fourth-order valence-electron chi connectivity index (χ4n) is 2.44. The second kappa shape index (κ2) is 5.35. The van der Waals surface area contributed by atoms with Crippen LogP contribution < -0.4 is 10.7 Å². The Morgan fingerprint density at radius 1 is 1.56 bits per heavy atom. The molecule has 0 bridgehead atoms. The number of H-pyrrole nitrogens is 1. The first-order valence-electron chi connectivity index (χ1n) is 6.23. The highest BCUT2D eigenvalue weighted by Crippen LogP contribution is 2.25. The zero-order chi connectivity index (χ0) is 13.1. The van der Waals surface area contributed by atoms with Gasteiger partial charge in [0.25, 0.3) is 5.91 Å². The number of pyridine rings is 1. The molecule has 0 radical (unpaired) electrons. The maximum atomic E-state index is 12.0. The van der Waals surface area contributed by atoms with Crippen LogP contribution in [0.5, 0.6) is 0 Å². The summed E-state index contributed by atoms with van der Waals surface area (Å²) in [5, 5.41) is 12.0. The number of aryl methyl sites for hydroxylation is 1. The highest BCUT2D eigenvalue weighted by Gasteiger charge is 2.28. The number of amides is 1. The van der Waals surface area contributed by atoms with Crippen molar-refractivity contribution in [3.05, 3.63) is 33.7 Å². The Kier molecular flexibility index (Phi) is 3.81. The molecule has 1 aliphatic carbocycles. The predicted molar refractivity (Wildman–Crippen MR) is 67.5 cm³/mol. The number of rotatable bonds is 3. The molecule has 0 aromatic carbocycles. The second-order valence-electron chi connectivity index (χ2n) is 4.85. The Labute approximate surface area is 105 Å². The number of carbonyl (C=O) groups is 1. The van der Waals surface area contributed by atoms with Gasteiger partial charge in [-0.1, -0.05) is 6.42 Å². The first-order valence-corrected chi connectivity index (χ1v) is 6.23. The molecule has 1 amide bonds. The highest BCUT2D eigenvalue weighted by molar-refractivity contribution is 5.94. The number of nitrogens with one attached hydrogen (secondary N) is 2. The van der Waals surface area contributed by atoms with E-state index in [1.54, 1.807) is 6.92 Å². The average Bonchev–Trinajstić information content (AvgIpc) is 2.76. The van der Waals surface area contributed by atoms with Gasteiger partial charge in [-0.05, 0) is 19.8 Å². The molecule has 5 heteroatoms. The van der Waals surface area contributed by atoms with Crippen molar-refractivity contribution < 1.29 is 9.90 Å². The molecule has 1 fully saturated rings. The van der Waals surface area contributed by atoms with E-state index in [0.29, 0.717) is 0 Å². The van der Waals surface area contributed by atoms with Crippen LogP contribution in [0.1, 0.15) is 35.3 Å². The van der Waals surface area contributed by atoms with Crippen molar-refractivity contribution in [2.24, 2.45) is 5.92 Å². The number of carbonyl (C=O) groups excluding carboxylic acids is 1. The monoisotopic (exact) mass is 250 g/mol. The molecule has 1 aromatic rings. The van der Waals surface area contributed by atoms with E-state index in [1.807, 2.05) is 0 Å². The highest BCUT2D eigenvalue weighted by atomic mass is 16.3. The van der Waals surface area contributed by atoms with Crippen LogP contribution in [0.2, 0.25) is 0 Å². The number of aliphatic hydroxyl groups is 1. The van der Waals surface area contributed by atoms with E-state index in [4.69, 9.17) is 0 Å². The molecule has 2 unspecified atom stereocenters. The zero-order valence-corrected chi connectivity index (χ0v) is 10.4. The summed E-state index contributed by atoms with van der Waals surface area (Å²) >= 11 is 0. The van der Waals surface area contributed by atoms with Gasteiger partial charge in [-0.2, -0.15) is 0 Å². The molecule has 3 N–H and O–H groups in total. The van der Waals surface area contributed by atoms with Gasteiger partial charge in [-0.3, -0.25) is 9.59 Å². The van der Waals surface area contributed by atoms with Crippen LogP contribution in [-0.2, 0) is 0 Å². The van der Waals surface area contributed by atoms with Gasteiger partial charge in [-0.15, -0.1) is 0 Å². The maximum absolute atomic E-state index is 12.0. The molecule has 1 aromatic heterocycles. The van der Waals surface area contributed by atoms with E-state index in [1.165, 1.54) is 12.3 Å². The quantitative estimate of drug-likeness (QED) is 0.733. The molecule has 2 atom stereocenters. The Hall–Kier alpha value is -1.62. The number of hydrogen-bond acceptors (Lipinski definition) is 3. The lowest BCUT2D eigenvalue weighted by Gasteiger charge is -2.18. The van der Waals surface area contributed by atoms with E-state index >= 15 is 0 Å². The van der Waals surface area contributed by atoms with Crippen LogP contribution in [0, 0.1) is 12.8 Å². The molecule has 1 heterocycles. The van der Waals surface area contributed by atoms with Crippen molar-refractivity contribution in [3.63, 3.8) is 0 Å². The van der Waals surface area contributed by atoms with E-state index in [-0.39, 0.29) is 35.5 Å². The molecular weight excluding hydrogens is 232 g/mol. The third-order valence-electron chi connectivity index (χ3n) is 3.51. The van der Waals surface area contributed by atoms with Crippen molar-refractivity contribution >= 4 is 5.91 Å². The predicted octanol–water partition coefficient (Wildman–Crippen LogP) is 0.574. The van der Waals surface area contributed by atoms with Gasteiger partial charge in [-0.25, -0.2) is 0 Å². The minimum atomic E-state index is -0.360. The number of aromatic amines is 1. The summed E-state index contributed by atoms with van der Waals surface area (Å²) in [6, 6.07) is 1.38. The molecule has 1 saturated carbocycles. The fourth-order valence-corrected chi connectivity index (χ4v) is 2.44. The van der Waals surface area contributed by atoms with Crippen molar-refractivity contribution in [2.75, 3.05) is 6.61 Å². The summed E-state index contributed by atoms with van der Waals surface area (Å²) in [4.78, 5) is 26.5. The fraction of sp³-hybridized carbons (Fsp3) is 0.538. The molecule has 0 spiro atoms. The van der Waals surface area contributed by atoms with Crippen LogP contribution >= 0.6 is 0 Å². The standard InChI is InChI=1S/C13H18N2O3/c1-8-5-12(17)10(6-14-8)13(18)15-11-4-2-3-9(11)7-16/h5-6,9,11,16H,2-4,7H2,1H3,(H,14,17)(H,15,18). The van der Waals surface area contributed by atoms with Crippen LogP contribution in [-0.4, -0.2) is 28.6 Å². The van der Waals surface area contributed by atoms with E-state index < -0.39 is 0 Å². The maximum Gasteiger partial charge on any atom is 0.256 e. The molecule has 18 heavy (non-hydrogen) atoms. The van der Waals surface area contributed by atoms with Crippen LogP contribution in [0.3, 0.4) is 0 Å².